The first kappa shape index (κ1) is 21.0. The van der Waals surface area contributed by atoms with Gasteiger partial charge in [-0.25, -0.2) is 9.97 Å². The van der Waals surface area contributed by atoms with Gasteiger partial charge in [-0.3, -0.25) is 14.9 Å². The molecular formula is C26H25N5O2S. The fraction of sp³-hybridized carbons (Fsp3) is 0.308. The van der Waals surface area contributed by atoms with Gasteiger partial charge >= 0.3 is 0 Å². The number of para-hydroxylation sites is 1. The summed E-state index contributed by atoms with van der Waals surface area (Å²) in [4.78, 5) is 42.3. The third-order valence-corrected chi connectivity index (χ3v) is 8.28. The highest BCUT2D eigenvalue weighted by Gasteiger charge is 2.36. The van der Waals surface area contributed by atoms with Gasteiger partial charge in [0.1, 0.15) is 4.83 Å². The Balaban J connectivity index is 1.55. The van der Waals surface area contributed by atoms with Gasteiger partial charge in [-0.1, -0.05) is 38.5 Å². The van der Waals surface area contributed by atoms with Crippen molar-refractivity contribution in [1.82, 2.24) is 20.3 Å². The number of aromatic nitrogens is 3. The largest absolute Gasteiger partial charge is 0.352 e. The van der Waals surface area contributed by atoms with E-state index in [1.165, 1.54) is 0 Å². The highest BCUT2D eigenvalue weighted by molar-refractivity contribution is 7.16. The summed E-state index contributed by atoms with van der Waals surface area (Å²) in [6.07, 6.45) is 5.09. The van der Waals surface area contributed by atoms with Crippen molar-refractivity contribution in [3.8, 4) is 0 Å². The van der Waals surface area contributed by atoms with E-state index < -0.39 is 11.8 Å². The van der Waals surface area contributed by atoms with Crippen LogP contribution in [0.4, 0.5) is 5.95 Å². The Labute approximate surface area is 200 Å². The van der Waals surface area contributed by atoms with Crippen LogP contribution in [0.3, 0.4) is 0 Å². The third kappa shape index (κ3) is 3.24. The fourth-order valence-corrected chi connectivity index (χ4v) is 5.76. The highest BCUT2D eigenvalue weighted by atomic mass is 32.1. The normalized spacial score (nSPS) is 18.4. The van der Waals surface area contributed by atoms with Gasteiger partial charge < -0.3 is 9.88 Å². The van der Waals surface area contributed by atoms with Crippen molar-refractivity contribution in [1.29, 1.82) is 0 Å². The average Bonchev–Trinajstić information content (AvgIpc) is 3.53. The molecule has 2 aliphatic rings. The lowest BCUT2D eigenvalue weighted by molar-refractivity contribution is -0.122. The summed E-state index contributed by atoms with van der Waals surface area (Å²) >= 11 is 1.56. The van der Waals surface area contributed by atoms with E-state index in [1.807, 2.05) is 35.7 Å². The molecule has 1 aromatic carbocycles. The SMILES string of the molecule is CCC1(C)CCN(c2nc(C3=C(c4c[nH]c5sccc45)C(=O)NC3=O)c3ccccc3n2)CC1. The number of benzene rings is 1. The van der Waals surface area contributed by atoms with Gasteiger partial charge in [-0.05, 0) is 35.8 Å². The number of anilines is 1. The smallest absolute Gasteiger partial charge is 0.261 e. The van der Waals surface area contributed by atoms with Crippen LogP contribution >= 0.6 is 11.3 Å². The molecule has 0 radical (unpaired) electrons. The van der Waals surface area contributed by atoms with E-state index in [4.69, 9.17) is 9.97 Å². The van der Waals surface area contributed by atoms with Crippen LogP contribution in [-0.2, 0) is 9.59 Å². The summed E-state index contributed by atoms with van der Waals surface area (Å²) in [5.41, 5.74) is 3.00. The third-order valence-electron chi connectivity index (χ3n) is 7.44. The van der Waals surface area contributed by atoms with Crippen molar-refractivity contribution < 1.29 is 9.59 Å². The number of piperidine rings is 1. The van der Waals surface area contributed by atoms with E-state index in [1.54, 1.807) is 17.5 Å². The Morgan fingerprint density at radius 3 is 2.59 bits per heavy atom. The number of amides is 2. The lowest BCUT2D eigenvalue weighted by Crippen LogP contribution is -2.39. The maximum atomic E-state index is 13.1. The van der Waals surface area contributed by atoms with Gasteiger partial charge in [0.05, 0.1) is 22.4 Å². The average molecular weight is 472 g/mol. The van der Waals surface area contributed by atoms with Gasteiger partial charge in [0.15, 0.2) is 0 Å². The number of nitrogens with zero attached hydrogens (tertiary/aromatic N) is 3. The molecule has 6 rings (SSSR count). The number of aromatic amines is 1. The fourth-order valence-electron chi connectivity index (χ4n) is 4.99. The molecule has 2 amide bonds. The second kappa shape index (κ2) is 7.77. The Morgan fingerprint density at radius 1 is 1.03 bits per heavy atom. The predicted octanol–water partition coefficient (Wildman–Crippen LogP) is 4.76. The molecule has 8 heteroatoms. The number of carbonyl (C=O) groups excluding carboxylic acids is 2. The van der Waals surface area contributed by atoms with E-state index in [0.29, 0.717) is 28.2 Å². The van der Waals surface area contributed by atoms with Crippen LogP contribution in [-0.4, -0.2) is 39.9 Å². The topological polar surface area (TPSA) is 91.0 Å². The quantitative estimate of drug-likeness (QED) is 0.419. The monoisotopic (exact) mass is 471 g/mol. The Bertz CT molecular complexity index is 1490. The van der Waals surface area contributed by atoms with Crippen molar-refractivity contribution in [2.24, 2.45) is 5.41 Å². The predicted molar refractivity (Wildman–Crippen MR) is 136 cm³/mol. The van der Waals surface area contributed by atoms with Crippen molar-refractivity contribution in [2.75, 3.05) is 18.0 Å². The molecule has 0 unspecified atom stereocenters. The maximum Gasteiger partial charge on any atom is 0.261 e. The Kier molecular flexibility index (Phi) is 4.81. The first-order valence-corrected chi connectivity index (χ1v) is 12.5. The first-order valence-electron chi connectivity index (χ1n) is 11.6. The number of carbonyl (C=O) groups is 2. The molecule has 1 saturated heterocycles. The molecule has 0 aliphatic carbocycles. The number of imide groups is 1. The minimum atomic E-state index is -0.420. The molecular weight excluding hydrogens is 446 g/mol. The van der Waals surface area contributed by atoms with E-state index in [-0.39, 0.29) is 0 Å². The summed E-state index contributed by atoms with van der Waals surface area (Å²) in [5, 5.41) is 6.16. The molecule has 0 bridgehead atoms. The molecule has 2 aliphatic heterocycles. The number of fused-ring (bicyclic) bond motifs is 2. The molecule has 5 heterocycles. The van der Waals surface area contributed by atoms with Crippen molar-refractivity contribution >= 4 is 61.4 Å². The summed E-state index contributed by atoms with van der Waals surface area (Å²) in [6, 6.07) is 9.66. The van der Waals surface area contributed by atoms with Crippen molar-refractivity contribution in [3.05, 3.63) is 53.2 Å². The Morgan fingerprint density at radius 2 is 1.79 bits per heavy atom. The summed E-state index contributed by atoms with van der Waals surface area (Å²) in [5.74, 6) is -0.204. The number of hydrogen-bond acceptors (Lipinski definition) is 6. The standard InChI is InChI=1S/C26H25N5O2S/c1-3-26(2)9-11-31(12-10-26)25-28-18-7-5-4-6-16(18)21(29-25)20-19(22(32)30-23(20)33)17-14-27-24-15(17)8-13-34-24/h4-8,13-14,27H,3,9-12H2,1-2H3,(H,30,32,33). The summed E-state index contributed by atoms with van der Waals surface area (Å²) in [6.45, 7) is 6.32. The van der Waals surface area contributed by atoms with E-state index in [2.05, 4.69) is 29.0 Å². The van der Waals surface area contributed by atoms with Crippen LogP contribution in [0.1, 0.15) is 44.4 Å². The maximum absolute atomic E-state index is 13.1. The van der Waals surface area contributed by atoms with Gasteiger partial charge in [0.25, 0.3) is 11.8 Å². The molecule has 3 aromatic heterocycles. The molecule has 1 fully saturated rings. The van der Waals surface area contributed by atoms with E-state index in [0.717, 1.165) is 59.0 Å². The van der Waals surface area contributed by atoms with E-state index in [9.17, 15) is 9.59 Å². The summed E-state index contributed by atoms with van der Waals surface area (Å²) < 4.78 is 0. The number of H-pyrrole nitrogens is 1. The van der Waals surface area contributed by atoms with Gasteiger partial charge in [0.2, 0.25) is 5.95 Å². The zero-order valence-corrected chi connectivity index (χ0v) is 20.0. The zero-order chi connectivity index (χ0) is 23.4. The van der Waals surface area contributed by atoms with Gasteiger partial charge in [-0.15, -0.1) is 11.3 Å². The number of thiophene rings is 1. The molecule has 0 atom stereocenters. The second-order valence-electron chi connectivity index (χ2n) is 9.44. The molecule has 7 nitrogen and oxygen atoms in total. The van der Waals surface area contributed by atoms with Crippen LogP contribution < -0.4 is 10.2 Å². The first-order chi connectivity index (χ1) is 16.5. The van der Waals surface area contributed by atoms with Crippen LogP contribution in [0.15, 0.2) is 41.9 Å². The van der Waals surface area contributed by atoms with Crippen LogP contribution in [0.5, 0.6) is 0 Å². The molecule has 0 spiro atoms. The molecule has 0 saturated carbocycles. The lowest BCUT2D eigenvalue weighted by atomic mass is 9.78. The van der Waals surface area contributed by atoms with Gasteiger partial charge in [-0.2, -0.15) is 0 Å². The van der Waals surface area contributed by atoms with Crippen LogP contribution in [0.25, 0.3) is 32.3 Å². The molecule has 172 valence electrons. The molecule has 2 N–H and O–H groups in total. The zero-order valence-electron chi connectivity index (χ0n) is 19.1. The lowest BCUT2D eigenvalue weighted by Gasteiger charge is -2.39. The highest BCUT2D eigenvalue weighted by Crippen LogP contribution is 2.39. The van der Waals surface area contributed by atoms with Crippen molar-refractivity contribution in [3.63, 3.8) is 0 Å². The molecule has 4 aromatic rings. The van der Waals surface area contributed by atoms with Crippen LogP contribution in [0, 0.1) is 5.41 Å². The van der Waals surface area contributed by atoms with E-state index >= 15 is 0 Å². The number of hydrogen-bond donors (Lipinski definition) is 2. The second-order valence-corrected chi connectivity index (χ2v) is 10.4. The minimum absolute atomic E-state index is 0.312. The summed E-state index contributed by atoms with van der Waals surface area (Å²) in [7, 11) is 0. The number of rotatable bonds is 4. The minimum Gasteiger partial charge on any atom is -0.352 e. The van der Waals surface area contributed by atoms with Crippen molar-refractivity contribution in [2.45, 2.75) is 33.1 Å². The van der Waals surface area contributed by atoms with Gasteiger partial charge in [0, 0.05) is 35.6 Å². The van der Waals surface area contributed by atoms with Crippen LogP contribution in [0.2, 0.25) is 0 Å². The number of nitrogens with one attached hydrogen (secondary N) is 2. The Hall–Kier alpha value is -3.52. The molecule has 34 heavy (non-hydrogen) atoms.